The fourth-order valence-electron chi connectivity index (χ4n) is 1.81. The van der Waals surface area contributed by atoms with Crippen LogP contribution in [0, 0.1) is 17.9 Å². The third kappa shape index (κ3) is 3.12. The van der Waals surface area contributed by atoms with Crippen LogP contribution in [0.15, 0.2) is 11.5 Å². The van der Waals surface area contributed by atoms with Gasteiger partial charge in [-0.1, -0.05) is 0 Å². The van der Waals surface area contributed by atoms with Gasteiger partial charge in [-0.3, -0.25) is 4.79 Å². The number of ether oxygens (including phenoxy) is 1. The second kappa shape index (κ2) is 6.48. The Morgan fingerprint density at radius 1 is 1.61 bits per heavy atom. The first-order valence-electron chi connectivity index (χ1n) is 5.36. The van der Waals surface area contributed by atoms with E-state index in [0.717, 1.165) is 0 Å². The number of methoxy groups -OCH3 is 1. The average molecular weight is 250 g/mol. The summed E-state index contributed by atoms with van der Waals surface area (Å²) in [6.45, 7) is 8.75. The fourth-order valence-corrected chi connectivity index (χ4v) is 1.81. The van der Waals surface area contributed by atoms with Crippen molar-refractivity contribution in [1.29, 1.82) is 5.26 Å². The normalized spacial score (nSPS) is 17.3. The van der Waals surface area contributed by atoms with Crippen molar-refractivity contribution in [3.05, 3.63) is 22.9 Å². The van der Waals surface area contributed by atoms with E-state index >= 15 is 0 Å². The molecule has 1 N–H and O–H groups in total. The lowest BCUT2D eigenvalue weighted by molar-refractivity contribution is -0.137. The Hall–Kier alpha value is -2.25. The van der Waals surface area contributed by atoms with Crippen LogP contribution in [0.1, 0.15) is 6.42 Å². The van der Waals surface area contributed by atoms with Crippen molar-refractivity contribution in [2.45, 2.75) is 6.42 Å². The van der Waals surface area contributed by atoms with Crippen molar-refractivity contribution in [3.8, 4) is 6.07 Å². The van der Waals surface area contributed by atoms with E-state index in [0.29, 0.717) is 18.9 Å². The molecule has 7 heteroatoms. The first-order chi connectivity index (χ1) is 8.63. The molecule has 0 aromatic heterocycles. The van der Waals surface area contributed by atoms with Crippen molar-refractivity contribution in [2.75, 3.05) is 33.5 Å². The quantitative estimate of drug-likeness (QED) is 0.558. The Balaban J connectivity index is 2.92. The van der Waals surface area contributed by atoms with E-state index in [4.69, 9.17) is 21.7 Å². The molecule has 0 aromatic rings. The van der Waals surface area contributed by atoms with Gasteiger partial charge in [-0.2, -0.15) is 0 Å². The SMILES string of the molecule is [C-]#[N+]/C(C#N)=C1\N(CCC(=O)O)CCN1COC. The number of hydrogen-bond acceptors (Lipinski definition) is 5. The molecule has 1 saturated heterocycles. The summed E-state index contributed by atoms with van der Waals surface area (Å²) in [5, 5.41) is 17.6. The standard InChI is InChI=1S/C11H14N4O3/c1-13-9(7-12)11-14(4-3-10(16)17)5-6-15(11)8-18-2/h3-6,8H2,2H3,(H,16,17)/b11-9+. The van der Waals surface area contributed by atoms with Gasteiger partial charge in [0.1, 0.15) is 12.6 Å². The number of aliphatic carboxylic acids is 1. The van der Waals surface area contributed by atoms with Crippen LogP contribution in [0.5, 0.6) is 0 Å². The molecular formula is C11H14N4O3. The van der Waals surface area contributed by atoms with E-state index in [9.17, 15) is 4.79 Å². The van der Waals surface area contributed by atoms with Crippen molar-refractivity contribution in [3.63, 3.8) is 0 Å². The molecule has 0 aromatic carbocycles. The predicted molar refractivity (Wildman–Crippen MR) is 61.6 cm³/mol. The number of carboxylic acids is 1. The zero-order valence-electron chi connectivity index (χ0n) is 10.1. The van der Waals surface area contributed by atoms with Crippen molar-refractivity contribution in [1.82, 2.24) is 9.80 Å². The van der Waals surface area contributed by atoms with Crippen LogP contribution in [0.4, 0.5) is 0 Å². The largest absolute Gasteiger partial charge is 0.481 e. The van der Waals surface area contributed by atoms with Gasteiger partial charge in [0.05, 0.1) is 19.1 Å². The third-order valence-electron chi connectivity index (χ3n) is 2.55. The van der Waals surface area contributed by atoms with E-state index in [2.05, 4.69) is 4.85 Å². The Morgan fingerprint density at radius 3 is 2.78 bits per heavy atom. The molecule has 0 bridgehead atoms. The van der Waals surface area contributed by atoms with E-state index in [1.807, 2.05) is 6.07 Å². The average Bonchev–Trinajstić information content (AvgIpc) is 2.73. The number of nitriles is 1. The lowest BCUT2D eigenvalue weighted by Crippen LogP contribution is -2.27. The molecule has 1 heterocycles. The summed E-state index contributed by atoms with van der Waals surface area (Å²) in [7, 11) is 1.53. The van der Waals surface area contributed by atoms with E-state index in [-0.39, 0.29) is 25.4 Å². The van der Waals surface area contributed by atoms with Gasteiger partial charge in [0.15, 0.2) is 0 Å². The molecule has 1 rings (SSSR count). The highest BCUT2D eigenvalue weighted by Crippen LogP contribution is 2.22. The Morgan fingerprint density at radius 2 is 2.28 bits per heavy atom. The van der Waals surface area contributed by atoms with Crippen LogP contribution in [0.25, 0.3) is 4.85 Å². The molecule has 18 heavy (non-hydrogen) atoms. The smallest absolute Gasteiger partial charge is 0.305 e. The van der Waals surface area contributed by atoms with Gasteiger partial charge in [0.25, 0.3) is 0 Å². The van der Waals surface area contributed by atoms with Crippen LogP contribution >= 0.6 is 0 Å². The number of allylic oxidation sites excluding steroid dienone is 1. The summed E-state index contributed by atoms with van der Waals surface area (Å²) in [6, 6.07) is 1.84. The van der Waals surface area contributed by atoms with Crippen LogP contribution in [-0.4, -0.2) is 54.4 Å². The molecule has 0 saturated carbocycles. The van der Waals surface area contributed by atoms with Gasteiger partial charge in [-0.15, -0.1) is 0 Å². The van der Waals surface area contributed by atoms with Gasteiger partial charge in [-0.25, -0.2) is 10.1 Å². The van der Waals surface area contributed by atoms with Gasteiger partial charge in [0.2, 0.25) is 0 Å². The Labute approximate surface area is 105 Å². The monoisotopic (exact) mass is 250 g/mol. The molecule has 0 spiro atoms. The molecule has 0 amide bonds. The first kappa shape index (κ1) is 13.8. The highest BCUT2D eigenvalue weighted by Gasteiger charge is 2.28. The van der Waals surface area contributed by atoms with Crippen molar-refractivity contribution >= 4 is 5.97 Å². The molecule has 0 unspecified atom stereocenters. The number of rotatable bonds is 5. The maximum Gasteiger partial charge on any atom is 0.305 e. The lowest BCUT2D eigenvalue weighted by Gasteiger charge is -2.24. The summed E-state index contributed by atoms with van der Waals surface area (Å²) in [5.41, 5.74) is -0.0325. The molecule has 0 aliphatic carbocycles. The second-order valence-electron chi connectivity index (χ2n) is 3.71. The molecule has 0 radical (unpaired) electrons. The number of hydrogen-bond donors (Lipinski definition) is 1. The van der Waals surface area contributed by atoms with E-state index in [1.54, 1.807) is 9.80 Å². The number of carbonyl (C=O) groups is 1. The van der Waals surface area contributed by atoms with Crippen LogP contribution < -0.4 is 0 Å². The van der Waals surface area contributed by atoms with Gasteiger partial charge < -0.3 is 19.6 Å². The summed E-state index contributed by atoms with van der Waals surface area (Å²) >= 11 is 0. The number of carboxylic acid groups (broad SMARTS) is 1. The molecule has 0 atom stereocenters. The van der Waals surface area contributed by atoms with Crippen LogP contribution in [-0.2, 0) is 9.53 Å². The van der Waals surface area contributed by atoms with Gasteiger partial charge in [0, 0.05) is 26.7 Å². The summed E-state index contributed by atoms with van der Waals surface area (Å²) in [5.74, 6) is -0.434. The van der Waals surface area contributed by atoms with E-state index in [1.165, 1.54) is 7.11 Å². The maximum absolute atomic E-state index is 10.6. The maximum atomic E-state index is 10.6. The first-order valence-corrected chi connectivity index (χ1v) is 5.36. The predicted octanol–water partition coefficient (Wildman–Crippen LogP) is 0.295. The zero-order chi connectivity index (χ0) is 13.5. The molecule has 7 nitrogen and oxygen atoms in total. The van der Waals surface area contributed by atoms with Gasteiger partial charge in [-0.05, 0) is 0 Å². The van der Waals surface area contributed by atoms with Crippen molar-refractivity contribution in [2.24, 2.45) is 0 Å². The minimum atomic E-state index is -0.902. The minimum absolute atomic E-state index is 0.0268. The van der Waals surface area contributed by atoms with Crippen LogP contribution in [0.2, 0.25) is 0 Å². The Kier molecular flexibility index (Phi) is 4.97. The summed E-state index contributed by atoms with van der Waals surface area (Å²) in [6.07, 6.45) is -0.0268. The fraction of sp³-hybridized carbons (Fsp3) is 0.545. The molecule has 96 valence electrons. The van der Waals surface area contributed by atoms with Crippen LogP contribution in [0.3, 0.4) is 0 Å². The topological polar surface area (TPSA) is 81.2 Å². The van der Waals surface area contributed by atoms with E-state index < -0.39 is 5.97 Å². The zero-order valence-corrected chi connectivity index (χ0v) is 10.1. The molecular weight excluding hydrogens is 236 g/mol. The summed E-state index contributed by atoms with van der Waals surface area (Å²) < 4.78 is 5.01. The van der Waals surface area contributed by atoms with Gasteiger partial charge >= 0.3 is 11.7 Å². The lowest BCUT2D eigenvalue weighted by atomic mass is 10.3. The Bertz CT molecular complexity index is 417. The highest BCUT2D eigenvalue weighted by molar-refractivity contribution is 5.66. The molecule has 1 aliphatic rings. The third-order valence-corrected chi connectivity index (χ3v) is 2.55. The van der Waals surface area contributed by atoms with Crippen molar-refractivity contribution < 1.29 is 14.6 Å². The summed E-state index contributed by atoms with van der Waals surface area (Å²) in [4.78, 5) is 17.3. The molecule has 1 aliphatic heterocycles. The number of nitrogens with zero attached hydrogens (tertiary/aromatic N) is 4. The highest BCUT2D eigenvalue weighted by atomic mass is 16.5. The second-order valence-corrected chi connectivity index (χ2v) is 3.71. The molecule has 1 fully saturated rings. The minimum Gasteiger partial charge on any atom is -0.481 e.